The third-order valence-corrected chi connectivity index (χ3v) is 3.74. The van der Waals surface area contributed by atoms with E-state index >= 15 is 0 Å². The van der Waals surface area contributed by atoms with Crippen molar-refractivity contribution in [3.8, 4) is 11.4 Å². The lowest BCUT2D eigenvalue weighted by Crippen LogP contribution is -1.91. The molecule has 0 aliphatic rings. The average Bonchev–Trinajstić information content (AvgIpc) is 2.74. The minimum atomic E-state index is -0.742. The number of rotatable bonds is 2. The van der Waals surface area contributed by atoms with Crippen LogP contribution in [0.15, 0.2) is 21.1 Å². The average molecular weight is 297 g/mol. The number of nitrogens with zero attached hydrogens (tertiary/aromatic N) is 2. The maximum atomic E-state index is 9.33. The number of aromatic nitrogens is 2. The van der Waals surface area contributed by atoms with Gasteiger partial charge in [0.2, 0.25) is 5.82 Å². The molecule has 0 bridgehead atoms. The number of aryl methyl sites for hydroxylation is 2. The number of halogens is 1. The Hall–Kier alpha value is -1.20. The van der Waals surface area contributed by atoms with Gasteiger partial charge in [-0.25, -0.2) is 0 Å². The fourth-order valence-corrected chi connectivity index (χ4v) is 1.83. The summed E-state index contributed by atoms with van der Waals surface area (Å²) in [5, 5.41) is 13.2. The van der Waals surface area contributed by atoms with Crippen LogP contribution in [0.25, 0.3) is 11.4 Å². The molecule has 1 heterocycles. The molecule has 2 rings (SSSR count). The molecule has 0 amide bonds. The molecular formula is C12H13BrN2O2. The van der Waals surface area contributed by atoms with E-state index in [9.17, 15) is 5.11 Å². The minimum absolute atomic E-state index is 0.234. The molecule has 0 fully saturated rings. The quantitative estimate of drug-likeness (QED) is 0.925. The molecule has 1 aromatic heterocycles. The summed E-state index contributed by atoms with van der Waals surface area (Å²) in [6, 6.07) is 3.96. The standard InChI is InChI=1S/C12H13BrN2O2/c1-6-4-9(5-7(2)10(6)13)11-14-12(8(3)16)17-15-11/h4-5,8,16H,1-3H3. The van der Waals surface area contributed by atoms with E-state index in [0.29, 0.717) is 5.82 Å². The van der Waals surface area contributed by atoms with Crippen molar-refractivity contribution in [1.29, 1.82) is 0 Å². The van der Waals surface area contributed by atoms with E-state index in [1.54, 1.807) is 6.92 Å². The zero-order valence-electron chi connectivity index (χ0n) is 9.86. The van der Waals surface area contributed by atoms with Crippen LogP contribution < -0.4 is 0 Å². The Morgan fingerprint density at radius 1 is 1.29 bits per heavy atom. The Labute approximate surface area is 108 Å². The SMILES string of the molecule is Cc1cc(-c2noc(C(C)O)n2)cc(C)c1Br. The van der Waals surface area contributed by atoms with E-state index in [1.807, 2.05) is 26.0 Å². The lowest BCUT2D eigenvalue weighted by Gasteiger charge is -2.04. The van der Waals surface area contributed by atoms with E-state index in [1.165, 1.54) is 0 Å². The van der Waals surface area contributed by atoms with Gasteiger partial charge in [0.05, 0.1) is 0 Å². The highest BCUT2D eigenvalue weighted by atomic mass is 79.9. The molecule has 0 aliphatic heterocycles. The molecule has 0 aliphatic carbocycles. The van der Waals surface area contributed by atoms with Crippen LogP contribution in [0.2, 0.25) is 0 Å². The first-order valence-corrected chi connectivity index (χ1v) is 6.07. The molecule has 5 heteroatoms. The van der Waals surface area contributed by atoms with Gasteiger partial charge in [0, 0.05) is 10.0 Å². The molecule has 1 atom stereocenters. The second-order valence-corrected chi connectivity index (χ2v) is 4.85. The Kier molecular flexibility index (Phi) is 3.31. The van der Waals surface area contributed by atoms with Gasteiger partial charge in [-0.3, -0.25) is 0 Å². The third-order valence-electron chi connectivity index (χ3n) is 2.49. The van der Waals surface area contributed by atoms with Crippen molar-refractivity contribution in [2.45, 2.75) is 26.9 Å². The Balaban J connectivity index is 2.46. The summed E-state index contributed by atoms with van der Waals surface area (Å²) >= 11 is 3.51. The fraction of sp³-hybridized carbons (Fsp3) is 0.333. The first-order chi connectivity index (χ1) is 7.99. The molecule has 0 spiro atoms. The molecule has 0 radical (unpaired) electrons. The van der Waals surface area contributed by atoms with Gasteiger partial charge in [0.25, 0.3) is 5.89 Å². The van der Waals surface area contributed by atoms with Gasteiger partial charge in [0.15, 0.2) is 0 Å². The number of hydrogen-bond donors (Lipinski definition) is 1. The zero-order chi connectivity index (χ0) is 12.6. The van der Waals surface area contributed by atoms with Crippen LogP contribution in [-0.4, -0.2) is 15.2 Å². The molecule has 4 nitrogen and oxygen atoms in total. The van der Waals surface area contributed by atoms with Crippen molar-refractivity contribution >= 4 is 15.9 Å². The first-order valence-electron chi connectivity index (χ1n) is 5.28. The van der Waals surface area contributed by atoms with E-state index in [0.717, 1.165) is 21.2 Å². The Morgan fingerprint density at radius 2 is 1.88 bits per heavy atom. The molecule has 2 aromatic rings. The summed E-state index contributed by atoms with van der Waals surface area (Å²) in [5.41, 5.74) is 3.12. The second kappa shape index (κ2) is 4.58. The highest BCUT2D eigenvalue weighted by Gasteiger charge is 2.13. The summed E-state index contributed by atoms with van der Waals surface area (Å²) in [6.07, 6.45) is -0.742. The molecule has 17 heavy (non-hydrogen) atoms. The molecule has 1 N–H and O–H groups in total. The third kappa shape index (κ3) is 2.40. The van der Waals surface area contributed by atoms with Crippen molar-refractivity contribution < 1.29 is 9.63 Å². The molecule has 1 unspecified atom stereocenters. The smallest absolute Gasteiger partial charge is 0.255 e. The van der Waals surface area contributed by atoms with E-state index < -0.39 is 6.10 Å². The van der Waals surface area contributed by atoms with Crippen LogP contribution in [0.3, 0.4) is 0 Å². The van der Waals surface area contributed by atoms with Crippen LogP contribution in [0.4, 0.5) is 0 Å². The highest BCUT2D eigenvalue weighted by molar-refractivity contribution is 9.10. The molecule has 0 saturated carbocycles. The number of aliphatic hydroxyl groups is 1. The number of hydrogen-bond acceptors (Lipinski definition) is 4. The number of benzene rings is 1. The minimum Gasteiger partial charge on any atom is -0.384 e. The summed E-state index contributed by atoms with van der Waals surface area (Å²) < 4.78 is 6.05. The molecule has 0 saturated heterocycles. The second-order valence-electron chi connectivity index (χ2n) is 4.06. The largest absolute Gasteiger partial charge is 0.384 e. The highest BCUT2D eigenvalue weighted by Crippen LogP contribution is 2.27. The van der Waals surface area contributed by atoms with Gasteiger partial charge < -0.3 is 9.63 Å². The van der Waals surface area contributed by atoms with Crippen molar-refractivity contribution in [2.24, 2.45) is 0 Å². The van der Waals surface area contributed by atoms with Gasteiger partial charge in [-0.2, -0.15) is 4.98 Å². The monoisotopic (exact) mass is 296 g/mol. The van der Waals surface area contributed by atoms with Gasteiger partial charge in [-0.15, -0.1) is 0 Å². The zero-order valence-corrected chi connectivity index (χ0v) is 11.4. The first kappa shape index (κ1) is 12.3. The van der Waals surface area contributed by atoms with Gasteiger partial charge >= 0.3 is 0 Å². The Bertz CT molecular complexity index is 526. The van der Waals surface area contributed by atoms with Crippen LogP contribution in [0, 0.1) is 13.8 Å². The van der Waals surface area contributed by atoms with Crippen molar-refractivity contribution in [3.05, 3.63) is 33.6 Å². The molecule has 90 valence electrons. The Morgan fingerprint density at radius 3 is 2.35 bits per heavy atom. The summed E-state index contributed by atoms with van der Waals surface area (Å²) in [5.74, 6) is 0.734. The van der Waals surface area contributed by atoms with Crippen molar-refractivity contribution in [2.75, 3.05) is 0 Å². The fourth-order valence-electron chi connectivity index (χ4n) is 1.60. The maximum absolute atomic E-state index is 9.33. The van der Waals surface area contributed by atoms with Gasteiger partial charge in [0.1, 0.15) is 6.10 Å². The van der Waals surface area contributed by atoms with E-state index in [4.69, 9.17) is 4.52 Å². The maximum Gasteiger partial charge on any atom is 0.255 e. The predicted octanol–water partition coefficient (Wildman–Crippen LogP) is 3.17. The number of aliphatic hydroxyl groups excluding tert-OH is 1. The molecular weight excluding hydrogens is 284 g/mol. The van der Waals surface area contributed by atoms with Crippen LogP contribution >= 0.6 is 15.9 Å². The van der Waals surface area contributed by atoms with Crippen molar-refractivity contribution in [3.63, 3.8) is 0 Å². The normalized spacial score (nSPS) is 12.8. The van der Waals surface area contributed by atoms with Gasteiger partial charge in [-0.1, -0.05) is 21.1 Å². The molecule has 1 aromatic carbocycles. The van der Waals surface area contributed by atoms with Gasteiger partial charge in [-0.05, 0) is 44.0 Å². The van der Waals surface area contributed by atoms with Crippen molar-refractivity contribution in [1.82, 2.24) is 10.1 Å². The van der Waals surface area contributed by atoms with Crippen LogP contribution in [0.5, 0.6) is 0 Å². The topological polar surface area (TPSA) is 59.2 Å². The van der Waals surface area contributed by atoms with E-state index in [-0.39, 0.29) is 5.89 Å². The summed E-state index contributed by atoms with van der Waals surface area (Å²) in [7, 11) is 0. The summed E-state index contributed by atoms with van der Waals surface area (Å²) in [4.78, 5) is 4.15. The van der Waals surface area contributed by atoms with E-state index in [2.05, 4.69) is 26.1 Å². The summed E-state index contributed by atoms with van der Waals surface area (Å²) in [6.45, 7) is 5.61. The van der Waals surface area contributed by atoms with Crippen LogP contribution in [0.1, 0.15) is 30.0 Å². The van der Waals surface area contributed by atoms with Crippen LogP contribution in [-0.2, 0) is 0 Å². The lowest BCUT2D eigenvalue weighted by atomic mass is 10.1. The lowest BCUT2D eigenvalue weighted by molar-refractivity contribution is 0.152. The predicted molar refractivity (Wildman–Crippen MR) is 67.5 cm³/mol.